The molecule has 1 atom stereocenters. The minimum atomic E-state index is -0.220. The molecule has 1 aromatic heterocycles. The first-order valence-corrected chi connectivity index (χ1v) is 6.44. The SMILES string of the molecule is Cc1cc(C)c(C(C)Nc2ccc(F)cc2)c(C)n1. The molecule has 0 aliphatic heterocycles. The molecule has 3 heteroatoms. The van der Waals surface area contributed by atoms with Crippen LogP contribution in [0.1, 0.15) is 35.5 Å². The largest absolute Gasteiger partial charge is 0.378 e. The predicted octanol–water partition coefficient (Wildman–Crippen LogP) is 4.32. The Morgan fingerprint density at radius 3 is 2.32 bits per heavy atom. The Hall–Kier alpha value is -1.90. The molecule has 0 amide bonds. The van der Waals surface area contributed by atoms with Crippen molar-refractivity contribution in [3.05, 3.63) is 58.7 Å². The van der Waals surface area contributed by atoms with Crippen LogP contribution in [0, 0.1) is 26.6 Å². The summed E-state index contributed by atoms with van der Waals surface area (Å²) >= 11 is 0. The van der Waals surface area contributed by atoms with Crippen molar-refractivity contribution in [2.24, 2.45) is 0 Å². The lowest BCUT2D eigenvalue weighted by atomic mass is 10.00. The number of benzene rings is 1. The molecule has 0 aliphatic rings. The average Bonchev–Trinajstić information content (AvgIpc) is 2.30. The first-order chi connectivity index (χ1) is 8.97. The third-order valence-electron chi connectivity index (χ3n) is 3.24. The Morgan fingerprint density at radius 2 is 1.74 bits per heavy atom. The van der Waals surface area contributed by atoms with E-state index in [1.54, 1.807) is 12.1 Å². The third-order valence-corrected chi connectivity index (χ3v) is 3.24. The molecule has 1 heterocycles. The number of nitrogens with zero attached hydrogens (tertiary/aromatic N) is 1. The monoisotopic (exact) mass is 258 g/mol. The van der Waals surface area contributed by atoms with Gasteiger partial charge in [0, 0.05) is 17.1 Å². The Labute approximate surface area is 113 Å². The Balaban J connectivity index is 2.25. The summed E-state index contributed by atoms with van der Waals surface area (Å²) in [5, 5.41) is 3.38. The molecule has 0 fully saturated rings. The second kappa shape index (κ2) is 5.39. The summed E-state index contributed by atoms with van der Waals surface area (Å²) in [5.74, 6) is -0.220. The molecule has 0 spiro atoms. The van der Waals surface area contributed by atoms with Crippen molar-refractivity contribution >= 4 is 5.69 Å². The number of nitrogens with one attached hydrogen (secondary N) is 1. The van der Waals surface area contributed by atoms with Gasteiger partial charge in [-0.1, -0.05) is 0 Å². The number of halogens is 1. The highest BCUT2D eigenvalue weighted by Gasteiger charge is 2.13. The molecule has 100 valence electrons. The lowest BCUT2D eigenvalue weighted by Gasteiger charge is -2.20. The fourth-order valence-electron chi connectivity index (χ4n) is 2.56. The second-order valence-electron chi connectivity index (χ2n) is 4.95. The van der Waals surface area contributed by atoms with Crippen molar-refractivity contribution in [1.82, 2.24) is 4.98 Å². The van der Waals surface area contributed by atoms with E-state index in [1.807, 2.05) is 13.8 Å². The maximum absolute atomic E-state index is 12.9. The van der Waals surface area contributed by atoms with Crippen LogP contribution in [0.2, 0.25) is 0 Å². The lowest BCUT2D eigenvalue weighted by molar-refractivity contribution is 0.628. The fraction of sp³-hybridized carbons (Fsp3) is 0.312. The normalized spacial score (nSPS) is 12.3. The van der Waals surface area contributed by atoms with Gasteiger partial charge in [0.15, 0.2) is 0 Å². The van der Waals surface area contributed by atoms with Crippen LogP contribution in [0.3, 0.4) is 0 Å². The highest BCUT2D eigenvalue weighted by Crippen LogP contribution is 2.25. The van der Waals surface area contributed by atoms with Crippen LogP contribution in [0.25, 0.3) is 0 Å². The van der Waals surface area contributed by atoms with Gasteiger partial charge in [-0.3, -0.25) is 4.98 Å². The maximum atomic E-state index is 12.9. The van der Waals surface area contributed by atoms with Crippen LogP contribution in [0.5, 0.6) is 0 Å². The van der Waals surface area contributed by atoms with E-state index in [1.165, 1.54) is 23.3 Å². The van der Waals surface area contributed by atoms with Gasteiger partial charge in [0.2, 0.25) is 0 Å². The topological polar surface area (TPSA) is 24.9 Å². The maximum Gasteiger partial charge on any atom is 0.123 e. The van der Waals surface area contributed by atoms with Gasteiger partial charge < -0.3 is 5.32 Å². The van der Waals surface area contributed by atoms with Crippen molar-refractivity contribution in [3.63, 3.8) is 0 Å². The van der Waals surface area contributed by atoms with Gasteiger partial charge in [0.05, 0.1) is 6.04 Å². The van der Waals surface area contributed by atoms with Crippen LogP contribution in [-0.4, -0.2) is 4.98 Å². The quantitative estimate of drug-likeness (QED) is 0.887. The first-order valence-electron chi connectivity index (χ1n) is 6.44. The molecule has 1 unspecified atom stereocenters. The molecule has 19 heavy (non-hydrogen) atoms. The summed E-state index contributed by atoms with van der Waals surface area (Å²) in [6, 6.07) is 8.64. The average molecular weight is 258 g/mol. The summed E-state index contributed by atoms with van der Waals surface area (Å²) in [5.41, 5.74) is 5.42. The second-order valence-corrected chi connectivity index (χ2v) is 4.95. The minimum Gasteiger partial charge on any atom is -0.378 e. The van der Waals surface area contributed by atoms with Crippen LogP contribution in [-0.2, 0) is 0 Å². The van der Waals surface area contributed by atoms with Crippen LogP contribution < -0.4 is 5.32 Å². The molecule has 0 bridgehead atoms. The fourth-order valence-corrected chi connectivity index (χ4v) is 2.56. The van der Waals surface area contributed by atoms with Gasteiger partial charge >= 0.3 is 0 Å². The number of anilines is 1. The van der Waals surface area contributed by atoms with Gasteiger partial charge in [0.25, 0.3) is 0 Å². The van der Waals surface area contributed by atoms with Crippen LogP contribution >= 0.6 is 0 Å². The van der Waals surface area contributed by atoms with E-state index < -0.39 is 0 Å². The number of rotatable bonds is 3. The van der Waals surface area contributed by atoms with Gasteiger partial charge in [0.1, 0.15) is 5.82 Å². The van der Waals surface area contributed by atoms with Crippen LogP contribution in [0.4, 0.5) is 10.1 Å². The van der Waals surface area contributed by atoms with E-state index >= 15 is 0 Å². The zero-order valence-corrected chi connectivity index (χ0v) is 11.8. The lowest BCUT2D eigenvalue weighted by Crippen LogP contribution is -2.11. The van der Waals surface area contributed by atoms with E-state index in [-0.39, 0.29) is 11.9 Å². The zero-order chi connectivity index (χ0) is 14.0. The molecule has 0 radical (unpaired) electrons. The summed E-state index contributed by atoms with van der Waals surface area (Å²) in [7, 11) is 0. The number of hydrogen-bond acceptors (Lipinski definition) is 2. The van der Waals surface area contributed by atoms with Gasteiger partial charge in [-0.2, -0.15) is 0 Å². The summed E-state index contributed by atoms with van der Waals surface area (Å²) in [4.78, 5) is 4.51. The van der Waals surface area contributed by atoms with Crippen molar-refractivity contribution in [2.45, 2.75) is 33.7 Å². The molecule has 0 saturated heterocycles. The number of aryl methyl sites for hydroxylation is 3. The Bertz CT molecular complexity index is 553. The number of hydrogen-bond donors (Lipinski definition) is 1. The van der Waals surface area contributed by atoms with Gasteiger partial charge in [-0.05, 0) is 69.2 Å². The third kappa shape index (κ3) is 3.11. The first kappa shape index (κ1) is 13.5. The van der Waals surface area contributed by atoms with E-state index in [4.69, 9.17) is 0 Å². The zero-order valence-electron chi connectivity index (χ0n) is 11.8. The van der Waals surface area contributed by atoms with Crippen molar-refractivity contribution in [3.8, 4) is 0 Å². The highest BCUT2D eigenvalue weighted by atomic mass is 19.1. The number of pyridine rings is 1. The summed E-state index contributed by atoms with van der Waals surface area (Å²) in [6.07, 6.45) is 0. The Morgan fingerprint density at radius 1 is 1.11 bits per heavy atom. The minimum absolute atomic E-state index is 0.138. The smallest absolute Gasteiger partial charge is 0.123 e. The molecule has 2 rings (SSSR count). The van der Waals surface area contributed by atoms with E-state index in [2.05, 4.69) is 30.2 Å². The molecular weight excluding hydrogens is 239 g/mol. The molecule has 2 nitrogen and oxygen atoms in total. The van der Waals surface area contributed by atoms with Crippen molar-refractivity contribution in [1.29, 1.82) is 0 Å². The summed E-state index contributed by atoms with van der Waals surface area (Å²) in [6.45, 7) is 8.22. The number of aromatic nitrogens is 1. The predicted molar refractivity (Wildman–Crippen MR) is 76.9 cm³/mol. The van der Waals surface area contributed by atoms with E-state index in [9.17, 15) is 4.39 Å². The molecule has 1 aromatic carbocycles. The van der Waals surface area contributed by atoms with E-state index in [0.29, 0.717) is 0 Å². The molecule has 1 N–H and O–H groups in total. The van der Waals surface area contributed by atoms with Crippen LogP contribution in [0.15, 0.2) is 30.3 Å². The molecular formula is C16H19FN2. The van der Waals surface area contributed by atoms with Gasteiger partial charge in [-0.15, -0.1) is 0 Å². The standard InChI is InChI=1S/C16H19FN2/c1-10-9-11(2)18-12(3)16(10)13(4)19-15-7-5-14(17)6-8-15/h5-9,13,19H,1-4H3. The Kier molecular flexibility index (Phi) is 3.84. The van der Waals surface area contributed by atoms with E-state index in [0.717, 1.165) is 17.1 Å². The molecule has 0 aliphatic carbocycles. The van der Waals surface area contributed by atoms with Gasteiger partial charge in [-0.25, -0.2) is 4.39 Å². The summed E-state index contributed by atoms with van der Waals surface area (Å²) < 4.78 is 12.9. The van der Waals surface area contributed by atoms with Crippen molar-refractivity contribution in [2.75, 3.05) is 5.32 Å². The highest BCUT2D eigenvalue weighted by molar-refractivity contribution is 5.47. The molecule has 2 aromatic rings. The van der Waals surface area contributed by atoms with Crippen molar-refractivity contribution < 1.29 is 4.39 Å². The molecule has 0 saturated carbocycles.